The first kappa shape index (κ1) is 15.9. The van der Waals surface area contributed by atoms with E-state index < -0.39 is 0 Å². The molecule has 0 aromatic carbocycles. The van der Waals surface area contributed by atoms with Gasteiger partial charge in [0, 0.05) is 13.2 Å². The molecule has 2 heteroatoms. The van der Waals surface area contributed by atoms with Crippen LogP contribution in [-0.2, 0) is 4.74 Å². The lowest BCUT2D eigenvalue weighted by Crippen LogP contribution is -2.13. The molecule has 0 aliphatic rings. The van der Waals surface area contributed by atoms with Crippen LogP contribution in [0.1, 0.15) is 59.8 Å². The zero-order valence-electron chi connectivity index (χ0n) is 11.8. The third-order valence-electron chi connectivity index (χ3n) is 2.64. The van der Waals surface area contributed by atoms with Gasteiger partial charge in [-0.1, -0.05) is 40.5 Å². The van der Waals surface area contributed by atoms with Gasteiger partial charge in [-0.05, 0) is 37.8 Å². The van der Waals surface area contributed by atoms with Gasteiger partial charge in [0.1, 0.15) is 0 Å². The van der Waals surface area contributed by atoms with Crippen molar-refractivity contribution in [2.45, 2.75) is 59.8 Å². The Balaban J connectivity index is 2.99. The Morgan fingerprint density at radius 3 is 2.25 bits per heavy atom. The van der Waals surface area contributed by atoms with Crippen molar-refractivity contribution >= 4 is 0 Å². The Labute approximate surface area is 102 Å². The normalized spacial score (nSPS) is 12.0. The van der Waals surface area contributed by atoms with Crippen molar-refractivity contribution < 1.29 is 4.74 Å². The highest BCUT2D eigenvalue weighted by molar-refractivity contribution is 4.59. The minimum atomic E-state index is 0.409. The summed E-state index contributed by atoms with van der Waals surface area (Å²) in [7, 11) is 0. The Morgan fingerprint density at radius 2 is 1.62 bits per heavy atom. The molecule has 0 saturated heterocycles. The van der Waals surface area contributed by atoms with Crippen LogP contribution in [0.15, 0.2) is 0 Å². The molecule has 0 atom stereocenters. The number of nitrogens with one attached hydrogen (secondary N) is 1. The van der Waals surface area contributed by atoms with E-state index in [2.05, 4.69) is 33.0 Å². The Kier molecular flexibility index (Phi) is 10.0. The summed E-state index contributed by atoms with van der Waals surface area (Å²) in [4.78, 5) is 0. The van der Waals surface area contributed by atoms with E-state index in [9.17, 15) is 0 Å². The fraction of sp³-hybridized carbons (Fsp3) is 1.00. The second-order valence-corrected chi connectivity index (χ2v) is 5.69. The van der Waals surface area contributed by atoms with E-state index in [0.29, 0.717) is 5.41 Å². The number of unbranched alkanes of at least 4 members (excludes halogenated alkanes) is 3. The second-order valence-electron chi connectivity index (χ2n) is 5.69. The number of hydrogen-bond donors (Lipinski definition) is 1. The molecule has 0 aromatic heterocycles. The van der Waals surface area contributed by atoms with Gasteiger partial charge in [-0.15, -0.1) is 0 Å². The van der Waals surface area contributed by atoms with Crippen molar-refractivity contribution in [2.24, 2.45) is 5.41 Å². The maximum absolute atomic E-state index is 5.62. The van der Waals surface area contributed by atoms with Crippen LogP contribution in [0.25, 0.3) is 0 Å². The predicted octanol–water partition coefficient (Wildman–Crippen LogP) is 3.61. The van der Waals surface area contributed by atoms with E-state index in [1.54, 1.807) is 0 Å². The lowest BCUT2D eigenvalue weighted by atomic mass is 9.93. The largest absolute Gasteiger partial charge is 0.381 e. The molecule has 16 heavy (non-hydrogen) atoms. The minimum Gasteiger partial charge on any atom is -0.381 e. The summed E-state index contributed by atoms with van der Waals surface area (Å²) >= 11 is 0. The van der Waals surface area contributed by atoms with Gasteiger partial charge in [-0.3, -0.25) is 0 Å². The number of rotatable bonds is 10. The maximum atomic E-state index is 5.62. The maximum Gasteiger partial charge on any atom is 0.0471 e. The molecule has 0 spiro atoms. The summed E-state index contributed by atoms with van der Waals surface area (Å²) in [6.45, 7) is 13.1. The Hall–Kier alpha value is -0.0800. The molecule has 0 heterocycles. The summed E-state index contributed by atoms with van der Waals surface area (Å²) in [6, 6.07) is 0. The third-order valence-corrected chi connectivity index (χ3v) is 2.64. The van der Waals surface area contributed by atoms with E-state index in [4.69, 9.17) is 4.74 Å². The standard InChI is InChI=1S/C14H31NO/c1-5-15-11-8-6-7-9-12-16-13-10-14(2,3)4/h15H,5-13H2,1-4H3. The number of ether oxygens (including phenoxy) is 1. The van der Waals surface area contributed by atoms with E-state index in [1.165, 1.54) is 32.2 Å². The predicted molar refractivity (Wildman–Crippen MR) is 71.9 cm³/mol. The lowest BCUT2D eigenvalue weighted by molar-refractivity contribution is 0.105. The zero-order chi connectivity index (χ0) is 12.3. The third kappa shape index (κ3) is 13.9. The lowest BCUT2D eigenvalue weighted by Gasteiger charge is -2.17. The van der Waals surface area contributed by atoms with E-state index in [0.717, 1.165) is 26.2 Å². The summed E-state index contributed by atoms with van der Waals surface area (Å²) in [5.74, 6) is 0. The van der Waals surface area contributed by atoms with E-state index in [-0.39, 0.29) is 0 Å². The van der Waals surface area contributed by atoms with Gasteiger partial charge in [-0.2, -0.15) is 0 Å². The average molecular weight is 229 g/mol. The molecule has 0 bridgehead atoms. The molecular formula is C14H31NO. The fourth-order valence-corrected chi connectivity index (χ4v) is 1.46. The molecule has 0 aromatic rings. The average Bonchev–Trinajstić information content (AvgIpc) is 2.19. The highest BCUT2D eigenvalue weighted by Gasteiger charge is 2.08. The first-order chi connectivity index (χ1) is 7.56. The molecule has 0 rings (SSSR count). The van der Waals surface area contributed by atoms with Crippen LogP contribution < -0.4 is 5.32 Å². The van der Waals surface area contributed by atoms with Crippen LogP contribution in [-0.4, -0.2) is 26.3 Å². The number of hydrogen-bond acceptors (Lipinski definition) is 2. The highest BCUT2D eigenvalue weighted by Crippen LogP contribution is 2.17. The Morgan fingerprint density at radius 1 is 0.938 bits per heavy atom. The minimum absolute atomic E-state index is 0.409. The first-order valence-electron chi connectivity index (χ1n) is 6.85. The Bertz CT molecular complexity index is 140. The van der Waals surface area contributed by atoms with E-state index >= 15 is 0 Å². The smallest absolute Gasteiger partial charge is 0.0471 e. The molecular weight excluding hydrogens is 198 g/mol. The van der Waals surface area contributed by atoms with Crippen molar-refractivity contribution in [3.63, 3.8) is 0 Å². The molecule has 1 N–H and O–H groups in total. The molecule has 0 fully saturated rings. The van der Waals surface area contributed by atoms with Gasteiger partial charge >= 0.3 is 0 Å². The molecule has 0 amide bonds. The molecule has 98 valence electrons. The van der Waals surface area contributed by atoms with Crippen molar-refractivity contribution in [1.82, 2.24) is 5.32 Å². The highest BCUT2D eigenvalue weighted by atomic mass is 16.5. The second kappa shape index (κ2) is 10.1. The summed E-state index contributed by atoms with van der Waals surface area (Å²) in [5, 5.41) is 3.34. The van der Waals surface area contributed by atoms with Crippen LogP contribution in [0.2, 0.25) is 0 Å². The van der Waals surface area contributed by atoms with Gasteiger partial charge in [0.15, 0.2) is 0 Å². The van der Waals surface area contributed by atoms with E-state index in [1.807, 2.05) is 0 Å². The molecule has 0 aliphatic heterocycles. The van der Waals surface area contributed by atoms with Crippen LogP contribution >= 0.6 is 0 Å². The van der Waals surface area contributed by atoms with Crippen molar-refractivity contribution in [2.75, 3.05) is 26.3 Å². The van der Waals surface area contributed by atoms with Crippen LogP contribution in [0.5, 0.6) is 0 Å². The van der Waals surface area contributed by atoms with Crippen LogP contribution in [0, 0.1) is 5.41 Å². The van der Waals surface area contributed by atoms with Gasteiger partial charge in [0.2, 0.25) is 0 Å². The first-order valence-corrected chi connectivity index (χ1v) is 6.85. The van der Waals surface area contributed by atoms with Gasteiger partial charge in [0.25, 0.3) is 0 Å². The molecule has 0 saturated carbocycles. The molecule has 0 unspecified atom stereocenters. The monoisotopic (exact) mass is 229 g/mol. The zero-order valence-corrected chi connectivity index (χ0v) is 11.8. The quantitative estimate of drug-likeness (QED) is 0.578. The van der Waals surface area contributed by atoms with Crippen molar-refractivity contribution in [3.8, 4) is 0 Å². The summed E-state index contributed by atoms with van der Waals surface area (Å²) < 4.78 is 5.62. The fourth-order valence-electron chi connectivity index (χ4n) is 1.46. The SMILES string of the molecule is CCNCCCCCCOCCC(C)(C)C. The molecule has 0 aliphatic carbocycles. The summed E-state index contributed by atoms with van der Waals surface area (Å²) in [6.07, 6.45) is 6.32. The molecule has 2 nitrogen and oxygen atoms in total. The molecule has 0 radical (unpaired) electrons. The van der Waals surface area contributed by atoms with Gasteiger partial charge < -0.3 is 10.1 Å². The van der Waals surface area contributed by atoms with Crippen molar-refractivity contribution in [3.05, 3.63) is 0 Å². The van der Waals surface area contributed by atoms with Gasteiger partial charge in [0.05, 0.1) is 0 Å². The van der Waals surface area contributed by atoms with Crippen LogP contribution in [0.4, 0.5) is 0 Å². The topological polar surface area (TPSA) is 21.3 Å². The van der Waals surface area contributed by atoms with Gasteiger partial charge in [-0.25, -0.2) is 0 Å². The van der Waals surface area contributed by atoms with Crippen molar-refractivity contribution in [1.29, 1.82) is 0 Å². The summed E-state index contributed by atoms with van der Waals surface area (Å²) in [5.41, 5.74) is 0.409. The van der Waals surface area contributed by atoms with Crippen LogP contribution in [0.3, 0.4) is 0 Å².